The normalized spacial score (nSPS) is 18.5. The highest BCUT2D eigenvalue weighted by atomic mass is 15.1. The number of nitrogens with zero attached hydrogens (tertiary/aromatic N) is 3. The maximum Gasteiger partial charge on any atom is 0.138 e. The second-order valence-corrected chi connectivity index (χ2v) is 6.47. The highest BCUT2D eigenvalue weighted by Crippen LogP contribution is 2.22. The molecule has 0 radical (unpaired) electrons. The van der Waals surface area contributed by atoms with E-state index in [0.717, 1.165) is 37.6 Å². The van der Waals surface area contributed by atoms with Gasteiger partial charge < -0.3 is 16.0 Å². The Morgan fingerprint density at radius 2 is 1.89 bits per heavy atom. The molecule has 19 heavy (non-hydrogen) atoms. The Bertz CT molecular complexity index is 430. The van der Waals surface area contributed by atoms with Crippen molar-refractivity contribution in [3.8, 4) is 0 Å². The monoisotopic (exact) mass is 263 g/mol. The van der Waals surface area contributed by atoms with Gasteiger partial charge in [0.2, 0.25) is 0 Å². The van der Waals surface area contributed by atoms with E-state index in [4.69, 9.17) is 5.73 Å². The van der Waals surface area contributed by atoms with Crippen molar-refractivity contribution in [2.75, 3.05) is 31.2 Å². The molecule has 2 heterocycles. The van der Waals surface area contributed by atoms with Gasteiger partial charge in [0.1, 0.15) is 17.5 Å². The van der Waals surface area contributed by atoms with E-state index in [1.807, 2.05) is 6.07 Å². The van der Waals surface area contributed by atoms with Crippen LogP contribution in [0, 0.1) is 0 Å². The summed E-state index contributed by atoms with van der Waals surface area (Å²) >= 11 is 0. The Morgan fingerprint density at radius 3 is 2.47 bits per heavy atom. The van der Waals surface area contributed by atoms with E-state index in [1.54, 1.807) is 0 Å². The van der Waals surface area contributed by atoms with Crippen LogP contribution >= 0.6 is 0 Å². The molecule has 0 saturated carbocycles. The van der Waals surface area contributed by atoms with Gasteiger partial charge in [-0.3, -0.25) is 0 Å². The second kappa shape index (κ2) is 5.33. The molecule has 5 heteroatoms. The molecule has 1 aliphatic heterocycles. The first-order valence-electron chi connectivity index (χ1n) is 6.95. The van der Waals surface area contributed by atoms with Crippen molar-refractivity contribution >= 4 is 11.6 Å². The smallest absolute Gasteiger partial charge is 0.138 e. The van der Waals surface area contributed by atoms with Gasteiger partial charge in [0.15, 0.2) is 0 Å². The number of likely N-dealkylation sites (tertiary alicyclic amines) is 1. The van der Waals surface area contributed by atoms with E-state index in [2.05, 4.69) is 48.0 Å². The fourth-order valence-corrected chi connectivity index (χ4v) is 2.24. The Balaban J connectivity index is 2.10. The van der Waals surface area contributed by atoms with Crippen molar-refractivity contribution in [3.05, 3.63) is 11.9 Å². The number of nitrogen functional groups attached to an aromatic ring is 1. The molecular formula is C14H25N5. The van der Waals surface area contributed by atoms with Crippen molar-refractivity contribution in [2.45, 2.75) is 45.1 Å². The number of aromatic nitrogens is 2. The average Bonchev–Trinajstić information content (AvgIpc) is 2.30. The van der Waals surface area contributed by atoms with Crippen molar-refractivity contribution in [1.82, 2.24) is 14.9 Å². The zero-order chi connectivity index (χ0) is 14.0. The van der Waals surface area contributed by atoms with Crippen LogP contribution in [0.4, 0.5) is 11.6 Å². The fraction of sp³-hybridized carbons (Fsp3) is 0.714. The number of anilines is 2. The summed E-state index contributed by atoms with van der Waals surface area (Å²) < 4.78 is 0. The maximum absolute atomic E-state index is 5.88. The Hall–Kier alpha value is -1.36. The molecule has 0 spiro atoms. The zero-order valence-electron chi connectivity index (χ0n) is 12.4. The summed E-state index contributed by atoms with van der Waals surface area (Å²) in [6.07, 6.45) is 2.29. The van der Waals surface area contributed by atoms with Crippen LogP contribution in [0.5, 0.6) is 0 Å². The molecule has 5 nitrogen and oxygen atoms in total. The first-order chi connectivity index (χ1) is 8.84. The molecule has 0 amide bonds. The standard InChI is InChI=1S/C14H25N5/c1-14(2,3)13-17-11(15)9-12(18-13)16-10-5-7-19(4)8-6-10/h9-10H,5-8H2,1-4H3,(H3,15,16,17,18). The van der Waals surface area contributed by atoms with Gasteiger partial charge in [-0.1, -0.05) is 20.8 Å². The summed E-state index contributed by atoms with van der Waals surface area (Å²) in [6.45, 7) is 8.55. The van der Waals surface area contributed by atoms with Gasteiger partial charge in [0.25, 0.3) is 0 Å². The Kier molecular flexibility index (Phi) is 3.94. The first kappa shape index (κ1) is 14.1. The van der Waals surface area contributed by atoms with Gasteiger partial charge in [-0.25, -0.2) is 9.97 Å². The van der Waals surface area contributed by atoms with Crippen LogP contribution in [0.3, 0.4) is 0 Å². The van der Waals surface area contributed by atoms with Crippen LogP contribution in [-0.4, -0.2) is 41.0 Å². The van der Waals surface area contributed by atoms with Gasteiger partial charge in [-0.15, -0.1) is 0 Å². The van der Waals surface area contributed by atoms with E-state index in [0.29, 0.717) is 11.9 Å². The second-order valence-electron chi connectivity index (χ2n) is 6.47. The molecule has 1 aliphatic rings. The van der Waals surface area contributed by atoms with E-state index in [1.165, 1.54) is 0 Å². The van der Waals surface area contributed by atoms with Crippen molar-refractivity contribution in [2.24, 2.45) is 0 Å². The average molecular weight is 263 g/mol. The summed E-state index contributed by atoms with van der Waals surface area (Å²) in [5, 5.41) is 3.50. The van der Waals surface area contributed by atoms with E-state index < -0.39 is 0 Å². The van der Waals surface area contributed by atoms with Crippen molar-refractivity contribution < 1.29 is 0 Å². The van der Waals surface area contributed by atoms with Crippen molar-refractivity contribution in [3.63, 3.8) is 0 Å². The molecule has 0 aromatic carbocycles. The molecule has 2 rings (SSSR count). The van der Waals surface area contributed by atoms with Crippen LogP contribution in [0.15, 0.2) is 6.07 Å². The molecule has 1 saturated heterocycles. The van der Waals surface area contributed by atoms with Crippen LogP contribution < -0.4 is 11.1 Å². The minimum absolute atomic E-state index is 0.0847. The SMILES string of the molecule is CN1CCC(Nc2cc(N)nc(C(C)(C)C)n2)CC1. The molecule has 0 bridgehead atoms. The van der Waals surface area contributed by atoms with Crippen LogP contribution in [0.25, 0.3) is 0 Å². The highest BCUT2D eigenvalue weighted by molar-refractivity contribution is 5.46. The lowest BCUT2D eigenvalue weighted by Crippen LogP contribution is -2.37. The molecule has 1 aromatic heterocycles. The van der Waals surface area contributed by atoms with E-state index in [-0.39, 0.29) is 5.41 Å². The lowest BCUT2D eigenvalue weighted by Gasteiger charge is -2.30. The van der Waals surface area contributed by atoms with Gasteiger partial charge in [0.05, 0.1) is 0 Å². The fourth-order valence-electron chi connectivity index (χ4n) is 2.24. The minimum atomic E-state index is -0.0847. The minimum Gasteiger partial charge on any atom is -0.384 e. The molecule has 1 aromatic rings. The number of nitrogens with two attached hydrogens (primary N) is 1. The molecule has 106 valence electrons. The molecule has 3 N–H and O–H groups in total. The van der Waals surface area contributed by atoms with Crippen LogP contribution in [0.2, 0.25) is 0 Å². The summed E-state index contributed by atoms with van der Waals surface area (Å²) in [4.78, 5) is 11.3. The summed E-state index contributed by atoms with van der Waals surface area (Å²) in [5.41, 5.74) is 5.80. The number of rotatable bonds is 2. The number of nitrogens with one attached hydrogen (secondary N) is 1. The predicted molar refractivity (Wildman–Crippen MR) is 79.3 cm³/mol. The summed E-state index contributed by atoms with van der Waals surface area (Å²) in [7, 11) is 2.16. The number of hydrogen-bond donors (Lipinski definition) is 2. The highest BCUT2D eigenvalue weighted by Gasteiger charge is 2.21. The Labute approximate surface area is 115 Å². The number of hydrogen-bond acceptors (Lipinski definition) is 5. The summed E-state index contributed by atoms with van der Waals surface area (Å²) in [6, 6.07) is 2.31. The molecule has 1 fully saturated rings. The molecule has 0 aliphatic carbocycles. The third-order valence-corrected chi connectivity index (χ3v) is 3.49. The van der Waals surface area contributed by atoms with Gasteiger partial charge in [0, 0.05) is 17.5 Å². The van der Waals surface area contributed by atoms with E-state index >= 15 is 0 Å². The topological polar surface area (TPSA) is 67.1 Å². The predicted octanol–water partition coefficient (Wildman–Crippen LogP) is 1.86. The molecule has 0 unspecified atom stereocenters. The van der Waals surface area contributed by atoms with Gasteiger partial charge >= 0.3 is 0 Å². The molecular weight excluding hydrogens is 238 g/mol. The van der Waals surface area contributed by atoms with Crippen LogP contribution in [-0.2, 0) is 5.41 Å². The summed E-state index contributed by atoms with van der Waals surface area (Å²) in [5.74, 6) is 2.19. The first-order valence-corrected chi connectivity index (χ1v) is 6.95. The third kappa shape index (κ3) is 3.80. The third-order valence-electron chi connectivity index (χ3n) is 3.49. The quantitative estimate of drug-likeness (QED) is 0.852. The largest absolute Gasteiger partial charge is 0.384 e. The van der Waals surface area contributed by atoms with Gasteiger partial charge in [-0.05, 0) is 33.0 Å². The van der Waals surface area contributed by atoms with Gasteiger partial charge in [-0.2, -0.15) is 0 Å². The Morgan fingerprint density at radius 1 is 1.26 bits per heavy atom. The lowest BCUT2D eigenvalue weighted by molar-refractivity contribution is 0.263. The maximum atomic E-state index is 5.88. The zero-order valence-corrected chi connectivity index (χ0v) is 12.4. The lowest BCUT2D eigenvalue weighted by atomic mass is 9.96. The van der Waals surface area contributed by atoms with Crippen LogP contribution in [0.1, 0.15) is 39.4 Å². The number of piperidine rings is 1. The molecule has 0 atom stereocenters. The van der Waals surface area contributed by atoms with Crippen molar-refractivity contribution in [1.29, 1.82) is 0 Å². The van der Waals surface area contributed by atoms with E-state index in [9.17, 15) is 0 Å².